The van der Waals surface area contributed by atoms with Crippen LogP contribution in [-0.4, -0.2) is 40.7 Å². The topological polar surface area (TPSA) is 64.4 Å². The first-order valence-corrected chi connectivity index (χ1v) is 9.11. The zero-order valence-electron chi connectivity index (χ0n) is 15.2. The van der Waals surface area contributed by atoms with Gasteiger partial charge in [0.25, 0.3) is 0 Å². The Morgan fingerprint density at radius 2 is 2.00 bits per heavy atom. The molecule has 0 spiro atoms. The molecule has 5 nitrogen and oxygen atoms in total. The van der Waals surface area contributed by atoms with E-state index < -0.39 is 5.41 Å². The maximum atomic E-state index is 13.2. The van der Waals surface area contributed by atoms with Crippen LogP contribution in [-0.2, 0) is 16.1 Å². The Bertz CT molecular complexity index is 734. The van der Waals surface area contributed by atoms with Crippen LogP contribution in [0.3, 0.4) is 0 Å². The highest BCUT2D eigenvalue weighted by molar-refractivity contribution is 5.89. The number of halogens is 1. The molecule has 26 heavy (non-hydrogen) atoms. The second-order valence-corrected chi connectivity index (χ2v) is 7.65. The third-order valence-electron chi connectivity index (χ3n) is 5.42. The molecule has 0 aromatic heterocycles. The molecule has 0 unspecified atom stereocenters. The number of benzene rings is 1. The van der Waals surface area contributed by atoms with E-state index in [1.165, 1.54) is 12.1 Å². The second-order valence-electron chi connectivity index (χ2n) is 7.65. The maximum absolute atomic E-state index is 13.2. The van der Waals surface area contributed by atoms with Gasteiger partial charge in [-0.15, -0.1) is 0 Å². The van der Waals surface area contributed by atoms with Gasteiger partial charge in [-0.25, -0.2) is 4.39 Å². The normalized spacial score (nSPS) is 22.1. The largest absolute Gasteiger partial charge is 0.339 e. The van der Waals surface area contributed by atoms with E-state index in [1.54, 1.807) is 21.9 Å². The second kappa shape index (κ2) is 7.06. The fourth-order valence-electron chi connectivity index (χ4n) is 3.52. The van der Waals surface area contributed by atoms with Gasteiger partial charge in [-0.2, -0.15) is 5.26 Å². The Hall–Kier alpha value is -2.42. The first-order chi connectivity index (χ1) is 12.4. The van der Waals surface area contributed by atoms with Crippen LogP contribution in [0.2, 0.25) is 0 Å². The van der Waals surface area contributed by atoms with Gasteiger partial charge in [-0.05, 0) is 36.5 Å². The predicted octanol–water partition coefficient (Wildman–Crippen LogP) is 2.71. The molecule has 1 atom stereocenters. The van der Waals surface area contributed by atoms with E-state index >= 15 is 0 Å². The first-order valence-electron chi connectivity index (χ1n) is 9.11. The van der Waals surface area contributed by atoms with E-state index in [1.807, 2.05) is 13.8 Å². The Morgan fingerprint density at radius 3 is 2.54 bits per heavy atom. The van der Waals surface area contributed by atoms with Crippen molar-refractivity contribution in [3.63, 3.8) is 0 Å². The fraction of sp³-hybridized carbons (Fsp3) is 0.550. The van der Waals surface area contributed by atoms with E-state index in [9.17, 15) is 19.2 Å². The van der Waals surface area contributed by atoms with Gasteiger partial charge in [0.2, 0.25) is 11.8 Å². The monoisotopic (exact) mass is 357 g/mol. The lowest BCUT2D eigenvalue weighted by atomic mass is 10.00. The molecule has 1 saturated carbocycles. The van der Waals surface area contributed by atoms with E-state index in [-0.39, 0.29) is 36.0 Å². The molecule has 0 bridgehead atoms. The van der Waals surface area contributed by atoms with Crippen molar-refractivity contribution in [2.45, 2.75) is 45.7 Å². The summed E-state index contributed by atoms with van der Waals surface area (Å²) in [6.07, 6.45) is 1.47. The highest BCUT2D eigenvalue weighted by Gasteiger charge is 2.53. The first kappa shape index (κ1) is 18.4. The van der Waals surface area contributed by atoms with Crippen molar-refractivity contribution in [1.29, 1.82) is 5.26 Å². The fourth-order valence-corrected chi connectivity index (χ4v) is 3.52. The summed E-state index contributed by atoms with van der Waals surface area (Å²) < 4.78 is 13.2. The molecule has 138 valence electrons. The number of nitrogens with zero attached hydrogens (tertiary/aromatic N) is 3. The number of carbonyl (C=O) groups excluding carboxylic acids is 2. The van der Waals surface area contributed by atoms with Crippen molar-refractivity contribution in [2.75, 3.05) is 13.1 Å². The summed E-state index contributed by atoms with van der Waals surface area (Å²) in [5.74, 6) is -0.295. The van der Waals surface area contributed by atoms with E-state index in [2.05, 4.69) is 6.07 Å². The average Bonchev–Trinajstić information content (AvgIpc) is 3.43. The number of amides is 2. The zero-order chi connectivity index (χ0) is 18.9. The molecule has 0 N–H and O–H groups in total. The van der Waals surface area contributed by atoms with Crippen LogP contribution in [0, 0.1) is 28.5 Å². The van der Waals surface area contributed by atoms with Gasteiger partial charge in [-0.3, -0.25) is 9.59 Å². The molecule has 2 amide bonds. The van der Waals surface area contributed by atoms with Crippen molar-refractivity contribution in [2.24, 2.45) is 11.3 Å². The van der Waals surface area contributed by atoms with Gasteiger partial charge >= 0.3 is 0 Å². The smallest absolute Gasteiger partial charge is 0.243 e. The van der Waals surface area contributed by atoms with Gasteiger partial charge in [0.05, 0.1) is 12.1 Å². The lowest BCUT2D eigenvalue weighted by Gasteiger charge is -2.35. The van der Waals surface area contributed by atoms with E-state index in [0.29, 0.717) is 32.5 Å². The summed E-state index contributed by atoms with van der Waals surface area (Å²) in [6.45, 7) is 5.24. The van der Waals surface area contributed by atoms with Crippen LogP contribution in [0.15, 0.2) is 24.3 Å². The lowest BCUT2D eigenvalue weighted by Crippen LogP contribution is -2.48. The van der Waals surface area contributed by atoms with Crippen LogP contribution in [0.25, 0.3) is 0 Å². The summed E-state index contributed by atoms with van der Waals surface area (Å²) in [5.41, 5.74) is -0.00247. The molecular formula is C20H24FN3O2. The van der Waals surface area contributed by atoms with E-state index in [0.717, 1.165) is 5.56 Å². The summed E-state index contributed by atoms with van der Waals surface area (Å²) in [7, 11) is 0. The SMILES string of the molecule is CC(C)[C@H]1CN(C(=O)C2(C#N)CC2)CCC(=O)N1Cc1ccc(F)cc1. The molecule has 1 heterocycles. The number of rotatable bonds is 4. The molecule has 3 rings (SSSR count). The molecule has 2 fully saturated rings. The molecule has 1 aliphatic heterocycles. The van der Waals surface area contributed by atoms with Crippen molar-refractivity contribution >= 4 is 11.8 Å². The minimum atomic E-state index is -0.864. The summed E-state index contributed by atoms with van der Waals surface area (Å²) in [5, 5.41) is 9.32. The molecule has 6 heteroatoms. The van der Waals surface area contributed by atoms with Crippen molar-refractivity contribution in [3.8, 4) is 6.07 Å². The van der Waals surface area contributed by atoms with Crippen molar-refractivity contribution in [3.05, 3.63) is 35.6 Å². The van der Waals surface area contributed by atoms with Gasteiger partial charge in [0, 0.05) is 26.1 Å². The third-order valence-corrected chi connectivity index (χ3v) is 5.42. The van der Waals surface area contributed by atoms with Gasteiger partial charge in [0.1, 0.15) is 11.2 Å². The zero-order valence-corrected chi connectivity index (χ0v) is 15.2. The van der Waals surface area contributed by atoms with Crippen LogP contribution < -0.4 is 0 Å². The maximum Gasteiger partial charge on any atom is 0.243 e. The van der Waals surface area contributed by atoms with E-state index in [4.69, 9.17) is 0 Å². The van der Waals surface area contributed by atoms with Crippen LogP contribution in [0.4, 0.5) is 4.39 Å². The third kappa shape index (κ3) is 3.57. The Balaban J connectivity index is 1.81. The molecule has 1 aromatic rings. The van der Waals surface area contributed by atoms with Crippen LogP contribution in [0.1, 0.15) is 38.7 Å². The molecule has 1 aliphatic carbocycles. The average molecular weight is 357 g/mol. The standard InChI is InChI=1S/C20H24FN3O2/c1-14(2)17-12-23(19(26)20(13-22)8-9-20)10-7-18(25)24(17)11-15-3-5-16(21)6-4-15/h3-6,14,17H,7-12H2,1-2H3/t17-/m1/s1. The predicted molar refractivity (Wildman–Crippen MR) is 94.1 cm³/mol. The van der Waals surface area contributed by atoms with Gasteiger partial charge in [0.15, 0.2) is 0 Å². The van der Waals surface area contributed by atoms with Crippen LogP contribution >= 0.6 is 0 Å². The van der Waals surface area contributed by atoms with Crippen LogP contribution in [0.5, 0.6) is 0 Å². The lowest BCUT2D eigenvalue weighted by molar-refractivity contribution is -0.136. The summed E-state index contributed by atoms with van der Waals surface area (Å²) >= 11 is 0. The van der Waals surface area contributed by atoms with Gasteiger partial charge < -0.3 is 9.80 Å². The van der Waals surface area contributed by atoms with Crippen molar-refractivity contribution < 1.29 is 14.0 Å². The van der Waals surface area contributed by atoms with Crippen molar-refractivity contribution in [1.82, 2.24) is 9.80 Å². The highest BCUT2D eigenvalue weighted by atomic mass is 19.1. The molecular weight excluding hydrogens is 333 g/mol. The molecule has 1 saturated heterocycles. The Labute approximate surface area is 153 Å². The number of hydrogen-bond donors (Lipinski definition) is 0. The summed E-state index contributed by atoms with van der Waals surface area (Å²) in [4.78, 5) is 29.0. The Kier molecular flexibility index (Phi) is 4.99. The van der Waals surface area contributed by atoms with Gasteiger partial charge in [-0.1, -0.05) is 26.0 Å². The highest BCUT2D eigenvalue weighted by Crippen LogP contribution is 2.46. The summed E-state index contributed by atoms with van der Waals surface area (Å²) in [6, 6.07) is 8.17. The Morgan fingerprint density at radius 1 is 1.35 bits per heavy atom. The number of hydrogen-bond acceptors (Lipinski definition) is 3. The minimum absolute atomic E-state index is 0.00914. The quantitative estimate of drug-likeness (QED) is 0.832. The molecule has 2 aliphatic rings. The number of carbonyl (C=O) groups is 2. The number of nitriles is 1. The molecule has 0 radical (unpaired) electrons. The minimum Gasteiger partial charge on any atom is -0.339 e. The molecule has 1 aromatic carbocycles.